The maximum Gasteiger partial charge on any atom is 0.263 e. The van der Waals surface area contributed by atoms with Crippen molar-refractivity contribution in [1.29, 1.82) is 0 Å². The van der Waals surface area contributed by atoms with Crippen LogP contribution in [0.2, 0.25) is 5.02 Å². The van der Waals surface area contributed by atoms with Gasteiger partial charge in [0.2, 0.25) is 0 Å². The summed E-state index contributed by atoms with van der Waals surface area (Å²) in [4.78, 5) is 12.5. The van der Waals surface area contributed by atoms with Crippen molar-refractivity contribution in [2.24, 2.45) is 0 Å². The molecule has 0 aromatic heterocycles. The first-order valence-electron chi connectivity index (χ1n) is 10.6. The number of carbonyl (C=O) groups is 1. The molecule has 0 aliphatic heterocycles. The van der Waals surface area contributed by atoms with Crippen molar-refractivity contribution in [1.82, 2.24) is 5.32 Å². The number of nitrogens with one attached hydrogen (secondary N) is 2. The number of rotatable bonds is 8. The third-order valence-corrected chi connectivity index (χ3v) is 8.85. The SMILES string of the molecule is Cc1cccc(NS(=O)(=O)c2cc(C(=O)NCCSC3CCCCC3)ccc2Cl)c1C. The molecular formula is C23H29ClN2O3S2. The molecule has 0 saturated heterocycles. The highest BCUT2D eigenvalue weighted by Crippen LogP contribution is 2.28. The van der Waals surface area contributed by atoms with E-state index in [1.165, 1.54) is 44.2 Å². The Labute approximate surface area is 194 Å². The standard InChI is InChI=1S/C23H29ClN2O3S2/c1-16-7-6-10-21(17(16)2)26-31(28,29)22-15-18(11-12-20(22)24)23(27)25-13-14-30-19-8-4-3-5-9-19/h6-7,10-12,15,19,26H,3-5,8-9,13-14H2,1-2H3,(H,25,27). The van der Waals surface area contributed by atoms with Crippen LogP contribution in [0.4, 0.5) is 5.69 Å². The number of carbonyl (C=O) groups excluding carboxylic acids is 1. The molecule has 2 N–H and O–H groups in total. The zero-order chi connectivity index (χ0) is 22.4. The monoisotopic (exact) mass is 480 g/mol. The number of thioether (sulfide) groups is 1. The van der Waals surface area contributed by atoms with Gasteiger partial charge in [-0.3, -0.25) is 9.52 Å². The molecule has 1 amide bonds. The molecule has 0 atom stereocenters. The van der Waals surface area contributed by atoms with Crippen molar-refractivity contribution in [2.75, 3.05) is 17.0 Å². The summed E-state index contributed by atoms with van der Waals surface area (Å²) < 4.78 is 28.5. The van der Waals surface area contributed by atoms with E-state index in [9.17, 15) is 13.2 Å². The second-order valence-corrected chi connectivity index (χ2v) is 11.4. The van der Waals surface area contributed by atoms with Gasteiger partial charge in [0, 0.05) is 23.1 Å². The number of halogens is 1. The number of benzene rings is 2. The lowest BCUT2D eigenvalue weighted by atomic mass is 10.0. The van der Waals surface area contributed by atoms with E-state index in [0.29, 0.717) is 17.5 Å². The minimum absolute atomic E-state index is 0.0715. The van der Waals surface area contributed by atoms with Crippen LogP contribution in [-0.2, 0) is 10.0 Å². The normalized spacial score (nSPS) is 14.9. The van der Waals surface area contributed by atoms with Gasteiger partial charge in [-0.1, -0.05) is 43.0 Å². The van der Waals surface area contributed by atoms with Crippen molar-refractivity contribution in [3.8, 4) is 0 Å². The minimum Gasteiger partial charge on any atom is -0.351 e. The van der Waals surface area contributed by atoms with Gasteiger partial charge in [-0.25, -0.2) is 8.42 Å². The van der Waals surface area contributed by atoms with Gasteiger partial charge < -0.3 is 5.32 Å². The van der Waals surface area contributed by atoms with Crippen LogP contribution in [-0.4, -0.2) is 31.9 Å². The zero-order valence-corrected chi connectivity index (χ0v) is 20.3. The van der Waals surface area contributed by atoms with Crippen molar-refractivity contribution >= 4 is 45.0 Å². The molecule has 1 aliphatic carbocycles. The minimum atomic E-state index is -3.95. The van der Waals surface area contributed by atoms with E-state index >= 15 is 0 Å². The summed E-state index contributed by atoms with van der Waals surface area (Å²) in [6.07, 6.45) is 6.42. The molecule has 1 aliphatic rings. The van der Waals surface area contributed by atoms with Crippen molar-refractivity contribution in [3.05, 3.63) is 58.1 Å². The van der Waals surface area contributed by atoms with E-state index in [-0.39, 0.29) is 21.4 Å². The van der Waals surface area contributed by atoms with E-state index < -0.39 is 10.0 Å². The molecule has 168 valence electrons. The fourth-order valence-corrected chi connectivity index (χ4v) is 6.51. The molecule has 5 nitrogen and oxygen atoms in total. The summed E-state index contributed by atoms with van der Waals surface area (Å²) in [6, 6.07) is 9.73. The van der Waals surface area contributed by atoms with Crippen LogP contribution < -0.4 is 10.0 Å². The average Bonchev–Trinajstić information content (AvgIpc) is 2.75. The van der Waals surface area contributed by atoms with E-state index in [1.54, 1.807) is 18.2 Å². The van der Waals surface area contributed by atoms with Gasteiger partial charge in [0.15, 0.2) is 0 Å². The Bertz CT molecular complexity index is 1040. The van der Waals surface area contributed by atoms with Crippen LogP contribution in [0.1, 0.15) is 53.6 Å². The van der Waals surface area contributed by atoms with Crippen molar-refractivity contribution in [3.63, 3.8) is 0 Å². The molecule has 31 heavy (non-hydrogen) atoms. The van der Waals surface area contributed by atoms with E-state index in [1.807, 2.05) is 31.7 Å². The first-order valence-corrected chi connectivity index (χ1v) is 13.5. The number of hydrogen-bond donors (Lipinski definition) is 2. The Morgan fingerprint density at radius 2 is 1.87 bits per heavy atom. The zero-order valence-electron chi connectivity index (χ0n) is 17.9. The fraction of sp³-hybridized carbons (Fsp3) is 0.435. The van der Waals surface area contributed by atoms with Crippen LogP contribution in [0.3, 0.4) is 0 Å². The molecule has 0 bridgehead atoms. The Morgan fingerprint density at radius 3 is 2.61 bits per heavy atom. The Kier molecular flexibility index (Phi) is 8.30. The van der Waals surface area contributed by atoms with Gasteiger partial charge in [0.05, 0.1) is 10.7 Å². The van der Waals surface area contributed by atoms with Crippen LogP contribution >= 0.6 is 23.4 Å². The molecule has 0 spiro atoms. The highest BCUT2D eigenvalue weighted by molar-refractivity contribution is 7.99. The predicted molar refractivity (Wildman–Crippen MR) is 130 cm³/mol. The first kappa shape index (κ1) is 24.0. The Balaban J connectivity index is 1.65. The van der Waals surface area contributed by atoms with Crippen LogP contribution in [0, 0.1) is 13.8 Å². The molecule has 1 fully saturated rings. The number of amides is 1. The van der Waals surface area contributed by atoms with Crippen LogP contribution in [0.5, 0.6) is 0 Å². The van der Waals surface area contributed by atoms with E-state index in [0.717, 1.165) is 16.9 Å². The quantitative estimate of drug-likeness (QED) is 0.485. The molecule has 3 rings (SSSR count). The summed E-state index contributed by atoms with van der Waals surface area (Å²) in [5, 5.41) is 3.65. The molecule has 2 aromatic carbocycles. The van der Waals surface area contributed by atoms with Gasteiger partial charge in [-0.05, 0) is 62.1 Å². The average molecular weight is 481 g/mol. The van der Waals surface area contributed by atoms with E-state index in [2.05, 4.69) is 10.0 Å². The second-order valence-electron chi connectivity index (χ2n) is 7.88. The molecule has 8 heteroatoms. The Hall–Kier alpha value is -1.70. The molecule has 1 saturated carbocycles. The molecule has 0 unspecified atom stereocenters. The first-order chi connectivity index (χ1) is 14.8. The second kappa shape index (κ2) is 10.7. The number of hydrogen-bond acceptors (Lipinski definition) is 4. The predicted octanol–water partition coefficient (Wildman–Crippen LogP) is 5.55. The highest BCUT2D eigenvalue weighted by atomic mass is 35.5. The molecule has 0 radical (unpaired) electrons. The summed E-state index contributed by atoms with van der Waals surface area (Å²) in [5.41, 5.74) is 2.58. The van der Waals surface area contributed by atoms with Crippen LogP contribution in [0.25, 0.3) is 0 Å². The Morgan fingerprint density at radius 1 is 1.13 bits per heavy atom. The van der Waals surface area contributed by atoms with Crippen LogP contribution in [0.15, 0.2) is 41.3 Å². The number of sulfonamides is 1. The molecular weight excluding hydrogens is 452 g/mol. The smallest absolute Gasteiger partial charge is 0.263 e. The molecule has 2 aromatic rings. The molecule has 0 heterocycles. The van der Waals surface area contributed by atoms with Crippen molar-refractivity contribution in [2.45, 2.75) is 56.1 Å². The number of anilines is 1. The topological polar surface area (TPSA) is 75.3 Å². The van der Waals surface area contributed by atoms with Gasteiger partial charge in [0.25, 0.3) is 15.9 Å². The fourth-order valence-electron chi connectivity index (χ4n) is 3.64. The summed E-state index contributed by atoms with van der Waals surface area (Å²) in [7, 11) is -3.95. The lowest BCUT2D eigenvalue weighted by molar-refractivity contribution is 0.0956. The van der Waals surface area contributed by atoms with Gasteiger partial charge >= 0.3 is 0 Å². The summed E-state index contributed by atoms with van der Waals surface area (Å²) in [6.45, 7) is 4.31. The number of aryl methyl sites for hydroxylation is 1. The third-order valence-electron chi connectivity index (χ3n) is 5.63. The van der Waals surface area contributed by atoms with Gasteiger partial charge in [-0.2, -0.15) is 11.8 Å². The maximum absolute atomic E-state index is 13.0. The summed E-state index contributed by atoms with van der Waals surface area (Å²) in [5.74, 6) is 0.549. The summed E-state index contributed by atoms with van der Waals surface area (Å²) >= 11 is 8.09. The van der Waals surface area contributed by atoms with Gasteiger partial charge in [-0.15, -0.1) is 0 Å². The largest absolute Gasteiger partial charge is 0.351 e. The lowest BCUT2D eigenvalue weighted by Gasteiger charge is -2.20. The maximum atomic E-state index is 13.0. The lowest BCUT2D eigenvalue weighted by Crippen LogP contribution is -2.27. The van der Waals surface area contributed by atoms with E-state index in [4.69, 9.17) is 11.6 Å². The van der Waals surface area contributed by atoms with Crippen molar-refractivity contribution < 1.29 is 13.2 Å². The third kappa shape index (κ3) is 6.40. The van der Waals surface area contributed by atoms with Gasteiger partial charge in [0.1, 0.15) is 4.90 Å². The highest BCUT2D eigenvalue weighted by Gasteiger charge is 2.21.